The number of benzene rings is 1. The average molecular weight is 327 g/mol. The van der Waals surface area contributed by atoms with Crippen LogP contribution in [0.2, 0.25) is 0 Å². The van der Waals surface area contributed by atoms with Crippen molar-refractivity contribution in [3.63, 3.8) is 0 Å². The zero-order chi connectivity index (χ0) is 16.2. The number of nitriles is 1. The summed E-state index contributed by atoms with van der Waals surface area (Å²) in [5, 5.41) is 8.82. The minimum absolute atomic E-state index is 0.387. The van der Waals surface area contributed by atoms with Crippen LogP contribution in [0.15, 0.2) is 17.0 Å². The number of hydrogen-bond acceptors (Lipinski definition) is 5. The third kappa shape index (κ3) is 4.78. The fraction of sp³-hybridized carbons (Fsp3) is 0.273. The van der Waals surface area contributed by atoms with Gasteiger partial charge in [0.15, 0.2) is 5.75 Å². The lowest BCUT2D eigenvalue weighted by atomic mass is 10.1. The maximum atomic E-state index is 12.4. The van der Waals surface area contributed by atoms with Crippen molar-refractivity contribution in [2.24, 2.45) is 0 Å². The minimum atomic E-state index is -4.82. The Labute approximate surface area is 119 Å². The molecular formula is C11H6F5NO3S. The summed E-state index contributed by atoms with van der Waals surface area (Å²) in [5.41, 5.74) is -5.84. The highest BCUT2D eigenvalue weighted by atomic mass is 32.2. The van der Waals surface area contributed by atoms with Crippen LogP contribution >= 0.6 is 11.8 Å². The predicted molar refractivity (Wildman–Crippen MR) is 61.0 cm³/mol. The molecule has 1 aromatic carbocycles. The standard InChI is InChI=1S/C11H6F5NO3S/c1-19-9(18)5-2-6(4-17)8(20-10(12)13)7(3-5)21-11(14,15)16/h2-3,10H,1H3. The zero-order valence-corrected chi connectivity index (χ0v) is 11.0. The van der Waals surface area contributed by atoms with E-state index in [0.717, 1.165) is 13.2 Å². The Bertz CT molecular complexity index is 582. The van der Waals surface area contributed by atoms with E-state index in [0.29, 0.717) is 6.07 Å². The smallest absolute Gasteiger partial charge is 0.446 e. The number of esters is 1. The fourth-order valence-electron chi connectivity index (χ4n) is 1.33. The molecule has 0 spiro atoms. The van der Waals surface area contributed by atoms with Crippen molar-refractivity contribution in [1.82, 2.24) is 0 Å². The molecular weight excluding hydrogens is 321 g/mol. The highest BCUT2D eigenvalue weighted by molar-refractivity contribution is 8.00. The van der Waals surface area contributed by atoms with Gasteiger partial charge in [0.1, 0.15) is 6.07 Å². The number of nitrogens with zero attached hydrogens (tertiary/aromatic N) is 1. The Hall–Kier alpha value is -2.02. The van der Waals surface area contributed by atoms with Crippen LogP contribution < -0.4 is 4.74 Å². The van der Waals surface area contributed by atoms with Gasteiger partial charge in [-0.2, -0.15) is 27.2 Å². The van der Waals surface area contributed by atoms with Crippen LogP contribution in [0.5, 0.6) is 5.75 Å². The molecule has 0 saturated heterocycles. The van der Waals surface area contributed by atoms with Gasteiger partial charge in [0, 0.05) is 0 Å². The molecule has 0 unspecified atom stereocenters. The van der Waals surface area contributed by atoms with Gasteiger partial charge in [-0.25, -0.2) is 4.79 Å². The van der Waals surface area contributed by atoms with E-state index in [2.05, 4.69) is 9.47 Å². The van der Waals surface area contributed by atoms with E-state index in [4.69, 9.17) is 5.26 Å². The molecule has 0 aliphatic carbocycles. The molecule has 0 bridgehead atoms. The van der Waals surface area contributed by atoms with E-state index < -0.39 is 46.1 Å². The molecule has 114 valence electrons. The SMILES string of the molecule is COC(=O)c1cc(C#N)c(OC(F)F)c(SC(F)(F)F)c1. The lowest BCUT2D eigenvalue weighted by Crippen LogP contribution is -2.09. The van der Waals surface area contributed by atoms with Gasteiger partial charge in [0.25, 0.3) is 0 Å². The van der Waals surface area contributed by atoms with Crippen molar-refractivity contribution >= 4 is 17.7 Å². The molecule has 0 heterocycles. The number of alkyl halides is 5. The first kappa shape index (κ1) is 17.0. The highest BCUT2D eigenvalue weighted by Gasteiger charge is 2.33. The largest absolute Gasteiger partial charge is 0.465 e. The molecule has 1 aromatic rings. The maximum Gasteiger partial charge on any atom is 0.446 e. The Morgan fingerprint density at radius 3 is 2.43 bits per heavy atom. The van der Waals surface area contributed by atoms with E-state index >= 15 is 0 Å². The molecule has 4 nitrogen and oxygen atoms in total. The number of methoxy groups -OCH3 is 1. The van der Waals surface area contributed by atoms with Gasteiger partial charge in [-0.1, -0.05) is 0 Å². The van der Waals surface area contributed by atoms with Crippen molar-refractivity contribution in [3.8, 4) is 11.8 Å². The lowest BCUT2D eigenvalue weighted by molar-refractivity contribution is -0.0529. The second-order valence-electron chi connectivity index (χ2n) is 3.38. The summed E-state index contributed by atoms with van der Waals surface area (Å²) in [6, 6.07) is 2.88. The monoisotopic (exact) mass is 327 g/mol. The molecule has 0 radical (unpaired) electrons. The van der Waals surface area contributed by atoms with Gasteiger partial charge < -0.3 is 9.47 Å². The second kappa shape index (κ2) is 6.62. The van der Waals surface area contributed by atoms with Gasteiger partial charge in [-0.05, 0) is 23.9 Å². The molecule has 0 N–H and O–H groups in total. The maximum absolute atomic E-state index is 12.4. The quantitative estimate of drug-likeness (QED) is 0.481. The average Bonchev–Trinajstić information content (AvgIpc) is 2.37. The topological polar surface area (TPSA) is 59.3 Å². The highest BCUT2D eigenvalue weighted by Crippen LogP contribution is 2.43. The number of ether oxygens (including phenoxy) is 2. The van der Waals surface area contributed by atoms with Crippen molar-refractivity contribution in [3.05, 3.63) is 23.3 Å². The summed E-state index contributed by atoms with van der Waals surface area (Å²) in [5.74, 6) is -1.96. The van der Waals surface area contributed by atoms with E-state index in [1.165, 1.54) is 6.07 Å². The first-order valence-electron chi connectivity index (χ1n) is 5.05. The number of halogens is 5. The van der Waals surface area contributed by atoms with Gasteiger partial charge in [0.05, 0.1) is 23.1 Å². The van der Waals surface area contributed by atoms with Crippen LogP contribution in [0, 0.1) is 11.3 Å². The molecule has 1 rings (SSSR count). The number of thioether (sulfide) groups is 1. The molecule has 0 aliphatic heterocycles. The molecule has 0 amide bonds. The molecule has 0 aromatic heterocycles. The molecule has 0 aliphatic rings. The van der Waals surface area contributed by atoms with E-state index in [9.17, 15) is 26.7 Å². The Balaban J connectivity index is 3.45. The third-order valence-corrected chi connectivity index (χ3v) is 2.78. The normalized spacial score (nSPS) is 11.1. The summed E-state index contributed by atoms with van der Waals surface area (Å²) in [6.07, 6.45) is 0. The first-order valence-corrected chi connectivity index (χ1v) is 5.86. The summed E-state index contributed by atoms with van der Waals surface area (Å²) in [6.45, 7) is -3.42. The van der Waals surface area contributed by atoms with Crippen LogP contribution in [0.25, 0.3) is 0 Å². The van der Waals surface area contributed by atoms with Crippen molar-refractivity contribution in [2.75, 3.05) is 7.11 Å². The van der Waals surface area contributed by atoms with Crippen molar-refractivity contribution in [1.29, 1.82) is 5.26 Å². The zero-order valence-electron chi connectivity index (χ0n) is 10.2. The summed E-state index contributed by atoms with van der Waals surface area (Å²) >= 11 is -0.776. The van der Waals surface area contributed by atoms with Gasteiger partial charge in [0.2, 0.25) is 0 Å². The summed E-state index contributed by atoms with van der Waals surface area (Å²) in [7, 11) is 0.981. The summed E-state index contributed by atoms with van der Waals surface area (Å²) < 4.78 is 70.1. The lowest BCUT2D eigenvalue weighted by Gasteiger charge is -2.14. The van der Waals surface area contributed by atoms with Gasteiger partial charge in [-0.15, -0.1) is 0 Å². The molecule has 0 saturated carbocycles. The van der Waals surface area contributed by atoms with E-state index in [1.807, 2.05) is 0 Å². The molecule has 21 heavy (non-hydrogen) atoms. The van der Waals surface area contributed by atoms with Gasteiger partial charge >= 0.3 is 18.1 Å². The van der Waals surface area contributed by atoms with Crippen LogP contribution in [0.3, 0.4) is 0 Å². The molecule has 0 fully saturated rings. The Morgan fingerprint density at radius 1 is 1.38 bits per heavy atom. The number of hydrogen-bond donors (Lipinski definition) is 0. The predicted octanol–water partition coefficient (Wildman–Crippen LogP) is 3.56. The third-order valence-electron chi connectivity index (χ3n) is 2.03. The number of carbonyl (C=O) groups is 1. The van der Waals surface area contributed by atoms with Crippen molar-refractivity contribution < 1.29 is 36.2 Å². The van der Waals surface area contributed by atoms with E-state index in [1.54, 1.807) is 0 Å². The van der Waals surface area contributed by atoms with Crippen molar-refractivity contribution in [2.45, 2.75) is 17.0 Å². The first-order chi connectivity index (χ1) is 9.67. The minimum Gasteiger partial charge on any atom is -0.465 e. The van der Waals surface area contributed by atoms with E-state index in [-0.39, 0.29) is 5.56 Å². The van der Waals surface area contributed by atoms with Crippen LogP contribution in [-0.2, 0) is 4.74 Å². The van der Waals surface area contributed by atoms with Crippen LogP contribution in [0.1, 0.15) is 15.9 Å². The van der Waals surface area contributed by atoms with Crippen LogP contribution in [-0.4, -0.2) is 25.2 Å². The number of rotatable bonds is 4. The number of carbonyl (C=O) groups excluding carboxylic acids is 1. The summed E-state index contributed by atoms with van der Waals surface area (Å²) in [4.78, 5) is 10.5. The van der Waals surface area contributed by atoms with Crippen LogP contribution in [0.4, 0.5) is 22.0 Å². The Morgan fingerprint density at radius 2 is 2.00 bits per heavy atom. The molecule has 0 atom stereocenters. The second-order valence-corrected chi connectivity index (χ2v) is 4.49. The molecule has 10 heteroatoms. The fourth-order valence-corrected chi connectivity index (χ4v) is 2.02. The van der Waals surface area contributed by atoms with Gasteiger partial charge in [-0.3, -0.25) is 0 Å². The Kier molecular flexibility index (Phi) is 5.37.